The normalized spacial score (nSPS) is 18.2. The number of ether oxygens (including phenoxy) is 3. The Labute approximate surface area is 152 Å². The van der Waals surface area contributed by atoms with Crippen LogP contribution >= 0.6 is 0 Å². The van der Waals surface area contributed by atoms with Crippen molar-refractivity contribution in [3.8, 4) is 11.5 Å². The van der Waals surface area contributed by atoms with Crippen molar-refractivity contribution in [1.29, 1.82) is 0 Å². The first-order chi connectivity index (χ1) is 12.6. The Morgan fingerprint density at radius 3 is 2.50 bits per heavy atom. The summed E-state index contributed by atoms with van der Waals surface area (Å²) in [6.07, 6.45) is 1.69. The number of Topliss-reactive ketones (excluding diaryl/α,β-unsaturated/α-hetero) is 1. The zero-order valence-electron chi connectivity index (χ0n) is 14.8. The lowest BCUT2D eigenvalue weighted by Crippen LogP contribution is -2.43. The fourth-order valence-electron chi connectivity index (χ4n) is 3.16. The van der Waals surface area contributed by atoms with Gasteiger partial charge in [0.1, 0.15) is 13.2 Å². The van der Waals surface area contributed by atoms with Crippen molar-refractivity contribution >= 4 is 11.7 Å². The minimum atomic E-state index is -0.312. The van der Waals surface area contributed by atoms with Crippen molar-refractivity contribution in [2.24, 2.45) is 5.41 Å². The number of rotatable bonds is 7. The van der Waals surface area contributed by atoms with Crippen molar-refractivity contribution in [2.75, 3.05) is 39.6 Å². The predicted molar refractivity (Wildman–Crippen MR) is 93.6 cm³/mol. The Morgan fingerprint density at radius 1 is 1.04 bits per heavy atom. The summed E-state index contributed by atoms with van der Waals surface area (Å²) in [6, 6.07) is 5.08. The molecule has 2 heterocycles. The van der Waals surface area contributed by atoms with Crippen LogP contribution in [-0.2, 0) is 9.53 Å². The van der Waals surface area contributed by atoms with Crippen LogP contribution in [0.5, 0.6) is 11.5 Å². The average Bonchev–Trinajstić information content (AvgIpc) is 2.70. The van der Waals surface area contributed by atoms with E-state index in [1.807, 2.05) is 0 Å². The average molecular weight is 363 g/mol. The van der Waals surface area contributed by atoms with E-state index in [9.17, 15) is 14.7 Å². The molecule has 3 rings (SSSR count). The van der Waals surface area contributed by atoms with Crippen LogP contribution in [0, 0.1) is 5.41 Å². The molecule has 0 aromatic heterocycles. The molecular weight excluding hydrogens is 338 g/mol. The van der Waals surface area contributed by atoms with Gasteiger partial charge in [-0.05, 0) is 31.0 Å². The van der Waals surface area contributed by atoms with Crippen molar-refractivity contribution in [3.05, 3.63) is 23.8 Å². The molecule has 1 aromatic rings. The number of nitrogens with one attached hydrogen (secondary N) is 1. The van der Waals surface area contributed by atoms with Crippen LogP contribution in [0.25, 0.3) is 0 Å². The molecule has 1 saturated heterocycles. The van der Waals surface area contributed by atoms with Gasteiger partial charge in [0.2, 0.25) is 5.91 Å². The second-order valence-electron chi connectivity index (χ2n) is 6.83. The molecule has 0 aliphatic carbocycles. The van der Waals surface area contributed by atoms with E-state index in [-0.39, 0.29) is 36.6 Å². The van der Waals surface area contributed by atoms with Crippen LogP contribution in [0.3, 0.4) is 0 Å². The van der Waals surface area contributed by atoms with Gasteiger partial charge < -0.3 is 24.6 Å². The van der Waals surface area contributed by atoms with Crippen LogP contribution < -0.4 is 14.8 Å². The number of benzene rings is 1. The maximum Gasteiger partial charge on any atom is 0.220 e. The van der Waals surface area contributed by atoms with E-state index in [0.717, 1.165) is 12.8 Å². The van der Waals surface area contributed by atoms with Crippen LogP contribution in [0.1, 0.15) is 36.0 Å². The number of carbonyl (C=O) groups is 2. The molecule has 2 aliphatic heterocycles. The van der Waals surface area contributed by atoms with E-state index < -0.39 is 0 Å². The smallest absolute Gasteiger partial charge is 0.220 e. The summed E-state index contributed by atoms with van der Waals surface area (Å²) in [6.45, 7) is 2.58. The molecule has 1 aromatic carbocycles. The van der Waals surface area contributed by atoms with Crippen LogP contribution in [0.4, 0.5) is 0 Å². The van der Waals surface area contributed by atoms with Gasteiger partial charge in [0.05, 0.1) is 6.61 Å². The van der Waals surface area contributed by atoms with Crippen molar-refractivity contribution in [1.82, 2.24) is 5.32 Å². The number of amides is 1. The maximum absolute atomic E-state index is 12.3. The maximum atomic E-state index is 12.3. The fourth-order valence-corrected chi connectivity index (χ4v) is 3.16. The van der Waals surface area contributed by atoms with E-state index in [0.29, 0.717) is 50.0 Å². The highest BCUT2D eigenvalue weighted by Gasteiger charge is 2.32. The molecule has 7 nitrogen and oxygen atoms in total. The summed E-state index contributed by atoms with van der Waals surface area (Å²) < 4.78 is 16.2. The number of hydrogen-bond acceptors (Lipinski definition) is 6. The minimum Gasteiger partial charge on any atom is -0.486 e. The molecule has 0 spiro atoms. The van der Waals surface area contributed by atoms with E-state index in [1.165, 1.54) is 0 Å². The molecule has 0 radical (unpaired) electrons. The molecule has 0 bridgehead atoms. The summed E-state index contributed by atoms with van der Waals surface area (Å²) in [7, 11) is 0. The van der Waals surface area contributed by atoms with Crippen molar-refractivity contribution in [2.45, 2.75) is 25.7 Å². The summed E-state index contributed by atoms with van der Waals surface area (Å²) in [5.41, 5.74) is 0.201. The highest BCUT2D eigenvalue weighted by atomic mass is 16.6. The standard InChI is InChI=1S/C19H25NO6/c21-13-19(5-7-24-8-6-19)12-20-18(23)4-2-15(22)14-1-3-16-17(11-14)26-10-9-25-16/h1,3,11,21H,2,4-10,12-13H2,(H,20,23). The van der Waals surface area contributed by atoms with Gasteiger partial charge in [-0.1, -0.05) is 0 Å². The van der Waals surface area contributed by atoms with Gasteiger partial charge in [0, 0.05) is 43.6 Å². The van der Waals surface area contributed by atoms with Gasteiger partial charge in [-0.15, -0.1) is 0 Å². The summed E-state index contributed by atoms with van der Waals surface area (Å²) >= 11 is 0. The topological polar surface area (TPSA) is 94.1 Å². The summed E-state index contributed by atoms with van der Waals surface area (Å²) in [4.78, 5) is 24.4. The van der Waals surface area contributed by atoms with Gasteiger partial charge in [-0.2, -0.15) is 0 Å². The Kier molecular flexibility index (Phi) is 6.11. The number of fused-ring (bicyclic) bond motifs is 1. The Bertz CT molecular complexity index is 653. The molecule has 26 heavy (non-hydrogen) atoms. The zero-order chi connectivity index (χ0) is 18.4. The number of hydrogen-bond donors (Lipinski definition) is 2. The van der Waals surface area contributed by atoms with E-state index >= 15 is 0 Å². The second kappa shape index (κ2) is 8.51. The van der Waals surface area contributed by atoms with Crippen LogP contribution in [-0.4, -0.2) is 56.4 Å². The number of ketones is 1. The van der Waals surface area contributed by atoms with E-state index in [2.05, 4.69) is 5.32 Å². The van der Waals surface area contributed by atoms with E-state index in [4.69, 9.17) is 14.2 Å². The molecule has 0 saturated carbocycles. The molecule has 1 fully saturated rings. The zero-order valence-corrected chi connectivity index (χ0v) is 14.8. The quantitative estimate of drug-likeness (QED) is 0.710. The molecule has 2 aliphatic rings. The summed E-state index contributed by atoms with van der Waals surface area (Å²) in [5.74, 6) is 0.905. The minimum absolute atomic E-state index is 0.0206. The molecule has 7 heteroatoms. The SMILES string of the molecule is O=C(CCC(=O)c1ccc2c(c1)OCCO2)NCC1(CO)CCOCC1. The third-order valence-electron chi connectivity index (χ3n) is 4.99. The third kappa shape index (κ3) is 4.53. The first-order valence-corrected chi connectivity index (χ1v) is 9.00. The predicted octanol–water partition coefficient (Wildman–Crippen LogP) is 1.33. The number of carbonyl (C=O) groups excluding carboxylic acids is 2. The Morgan fingerprint density at radius 2 is 1.77 bits per heavy atom. The van der Waals surface area contributed by atoms with Gasteiger partial charge in [-0.3, -0.25) is 9.59 Å². The molecule has 142 valence electrons. The van der Waals surface area contributed by atoms with Crippen molar-refractivity contribution in [3.63, 3.8) is 0 Å². The van der Waals surface area contributed by atoms with Crippen LogP contribution in [0.15, 0.2) is 18.2 Å². The van der Waals surface area contributed by atoms with Crippen LogP contribution in [0.2, 0.25) is 0 Å². The fraction of sp³-hybridized carbons (Fsp3) is 0.579. The lowest BCUT2D eigenvalue weighted by atomic mass is 9.81. The molecule has 1 amide bonds. The Hall–Kier alpha value is -2.12. The van der Waals surface area contributed by atoms with Crippen molar-refractivity contribution < 1.29 is 28.9 Å². The monoisotopic (exact) mass is 363 g/mol. The van der Waals surface area contributed by atoms with Gasteiger partial charge in [0.15, 0.2) is 17.3 Å². The highest BCUT2D eigenvalue weighted by molar-refractivity contribution is 5.98. The Balaban J connectivity index is 1.47. The molecule has 0 unspecified atom stereocenters. The van der Waals surface area contributed by atoms with E-state index in [1.54, 1.807) is 18.2 Å². The van der Waals surface area contributed by atoms with Gasteiger partial charge >= 0.3 is 0 Å². The third-order valence-corrected chi connectivity index (χ3v) is 4.99. The van der Waals surface area contributed by atoms with Gasteiger partial charge in [-0.25, -0.2) is 0 Å². The number of aliphatic hydroxyl groups is 1. The molecular formula is C19H25NO6. The lowest BCUT2D eigenvalue weighted by molar-refractivity contribution is -0.122. The summed E-state index contributed by atoms with van der Waals surface area (Å²) in [5, 5.41) is 12.5. The first kappa shape index (κ1) is 18.7. The second-order valence-corrected chi connectivity index (χ2v) is 6.83. The lowest BCUT2D eigenvalue weighted by Gasteiger charge is -2.35. The largest absolute Gasteiger partial charge is 0.486 e. The van der Waals surface area contributed by atoms with Gasteiger partial charge in [0.25, 0.3) is 0 Å². The number of aliphatic hydroxyl groups excluding tert-OH is 1. The molecule has 0 atom stereocenters. The highest BCUT2D eigenvalue weighted by Crippen LogP contribution is 2.31. The molecule has 2 N–H and O–H groups in total. The first-order valence-electron chi connectivity index (χ1n) is 9.00.